The van der Waals surface area contributed by atoms with Gasteiger partial charge in [-0.15, -0.1) is 0 Å². The second-order valence-corrected chi connectivity index (χ2v) is 5.36. The summed E-state index contributed by atoms with van der Waals surface area (Å²) in [5.74, 6) is -0.926. The fourth-order valence-corrected chi connectivity index (χ4v) is 2.70. The number of halogens is 2. The van der Waals surface area contributed by atoms with Crippen LogP contribution in [0.3, 0.4) is 0 Å². The third-order valence-corrected chi connectivity index (χ3v) is 3.66. The van der Waals surface area contributed by atoms with Crippen molar-refractivity contribution in [2.24, 2.45) is 0 Å². The third kappa shape index (κ3) is 2.60. The van der Waals surface area contributed by atoms with Crippen molar-refractivity contribution in [1.82, 2.24) is 5.16 Å². The number of hydrogen-bond donors (Lipinski definition) is 1. The van der Waals surface area contributed by atoms with Crippen LogP contribution in [-0.4, -0.2) is 16.2 Å². The fourth-order valence-electron chi connectivity index (χ4n) is 2.20. The van der Waals surface area contributed by atoms with Gasteiger partial charge in [0.15, 0.2) is 5.58 Å². The number of carboxylic acid groups (broad SMARTS) is 1. The molecule has 2 aromatic carbocycles. The number of para-hydroxylation sites is 1. The van der Waals surface area contributed by atoms with Crippen LogP contribution < -0.4 is 0 Å². The highest BCUT2D eigenvalue weighted by atomic mass is 35.5. The summed E-state index contributed by atoms with van der Waals surface area (Å²) in [5.41, 5.74) is 2.29. The quantitative estimate of drug-likeness (QED) is 0.775. The lowest BCUT2D eigenvalue weighted by Crippen LogP contribution is -1.99. The zero-order valence-electron chi connectivity index (χ0n) is 10.6. The average molecular weight is 322 g/mol. The van der Waals surface area contributed by atoms with Crippen molar-refractivity contribution >= 4 is 40.1 Å². The maximum absolute atomic E-state index is 10.9. The van der Waals surface area contributed by atoms with E-state index in [1.54, 1.807) is 30.3 Å². The van der Waals surface area contributed by atoms with E-state index in [1.807, 2.05) is 6.07 Å². The van der Waals surface area contributed by atoms with E-state index in [1.165, 1.54) is 0 Å². The molecule has 0 amide bonds. The van der Waals surface area contributed by atoms with Crippen molar-refractivity contribution in [3.8, 4) is 11.3 Å². The van der Waals surface area contributed by atoms with Gasteiger partial charge in [-0.05, 0) is 24.3 Å². The number of rotatable bonds is 3. The first-order valence-corrected chi connectivity index (χ1v) is 6.86. The average Bonchev–Trinajstić information content (AvgIpc) is 2.83. The summed E-state index contributed by atoms with van der Waals surface area (Å²) < 4.78 is 5.32. The minimum absolute atomic E-state index is 0.125. The van der Waals surface area contributed by atoms with Crippen LogP contribution in [-0.2, 0) is 11.2 Å². The second kappa shape index (κ2) is 5.39. The number of benzene rings is 2. The molecule has 0 fully saturated rings. The molecule has 0 aliphatic rings. The monoisotopic (exact) mass is 321 g/mol. The summed E-state index contributed by atoms with van der Waals surface area (Å²) in [6, 6.07) is 10.4. The predicted octanol–water partition coefficient (Wildman–Crippen LogP) is 4.43. The number of aliphatic carboxylic acids is 1. The van der Waals surface area contributed by atoms with Gasteiger partial charge in [-0.1, -0.05) is 40.5 Å². The summed E-state index contributed by atoms with van der Waals surface area (Å²) >= 11 is 12.1. The molecule has 3 rings (SSSR count). The first-order chi connectivity index (χ1) is 10.1. The molecule has 0 radical (unpaired) electrons. The van der Waals surface area contributed by atoms with Crippen LogP contribution in [0.25, 0.3) is 22.2 Å². The number of nitrogens with zero attached hydrogens (tertiary/aromatic N) is 1. The number of carbonyl (C=O) groups is 1. The standard InChI is InChI=1S/C15H9Cl2NO3/c16-9-4-5-10(12(17)7-9)14-11-3-1-2-8(6-13(19)20)15(11)21-18-14/h1-5,7H,6H2,(H,19,20). The summed E-state index contributed by atoms with van der Waals surface area (Å²) in [4.78, 5) is 10.9. The van der Waals surface area contributed by atoms with Gasteiger partial charge in [0.1, 0.15) is 5.69 Å². The molecule has 0 unspecified atom stereocenters. The Bertz CT molecular complexity index is 842. The van der Waals surface area contributed by atoms with E-state index in [9.17, 15) is 4.79 Å². The lowest BCUT2D eigenvalue weighted by atomic mass is 10.0. The van der Waals surface area contributed by atoms with E-state index >= 15 is 0 Å². The van der Waals surface area contributed by atoms with E-state index in [0.29, 0.717) is 32.4 Å². The molecule has 0 aliphatic carbocycles. The molecule has 3 aromatic rings. The van der Waals surface area contributed by atoms with Gasteiger partial charge in [0.05, 0.1) is 16.8 Å². The molecule has 0 aliphatic heterocycles. The van der Waals surface area contributed by atoms with Crippen molar-refractivity contribution in [3.63, 3.8) is 0 Å². The molecule has 0 atom stereocenters. The van der Waals surface area contributed by atoms with Gasteiger partial charge < -0.3 is 9.63 Å². The lowest BCUT2D eigenvalue weighted by Gasteiger charge is -2.02. The summed E-state index contributed by atoms with van der Waals surface area (Å²) in [6.07, 6.45) is -0.125. The number of fused-ring (bicyclic) bond motifs is 1. The fraction of sp³-hybridized carbons (Fsp3) is 0.0667. The van der Waals surface area contributed by atoms with Crippen molar-refractivity contribution in [1.29, 1.82) is 0 Å². The molecule has 0 saturated carbocycles. The van der Waals surface area contributed by atoms with E-state index < -0.39 is 5.97 Å². The Morgan fingerprint density at radius 3 is 2.76 bits per heavy atom. The molecule has 1 heterocycles. The molecule has 21 heavy (non-hydrogen) atoms. The van der Waals surface area contributed by atoms with Crippen molar-refractivity contribution in [2.75, 3.05) is 0 Å². The number of aromatic nitrogens is 1. The Hall–Kier alpha value is -2.04. The highest BCUT2D eigenvalue weighted by Gasteiger charge is 2.16. The van der Waals surface area contributed by atoms with E-state index in [4.69, 9.17) is 32.8 Å². The zero-order valence-corrected chi connectivity index (χ0v) is 12.1. The van der Waals surface area contributed by atoms with Crippen LogP contribution in [0.2, 0.25) is 10.0 Å². The Morgan fingerprint density at radius 1 is 1.24 bits per heavy atom. The van der Waals surface area contributed by atoms with Gasteiger partial charge in [-0.3, -0.25) is 4.79 Å². The topological polar surface area (TPSA) is 63.3 Å². The van der Waals surface area contributed by atoms with Gasteiger partial charge in [-0.25, -0.2) is 0 Å². The van der Waals surface area contributed by atoms with Crippen LogP contribution >= 0.6 is 23.2 Å². The molecule has 0 bridgehead atoms. The van der Waals surface area contributed by atoms with Gasteiger partial charge in [0, 0.05) is 16.1 Å². The molecule has 0 spiro atoms. The van der Waals surface area contributed by atoms with Gasteiger partial charge in [0.25, 0.3) is 0 Å². The smallest absolute Gasteiger partial charge is 0.307 e. The highest BCUT2D eigenvalue weighted by molar-refractivity contribution is 6.36. The minimum atomic E-state index is -0.926. The lowest BCUT2D eigenvalue weighted by molar-refractivity contribution is -0.136. The van der Waals surface area contributed by atoms with Crippen molar-refractivity contribution < 1.29 is 14.4 Å². The first-order valence-electron chi connectivity index (χ1n) is 6.11. The maximum atomic E-state index is 10.9. The minimum Gasteiger partial charge on any atom is -0.481 e. The van der Waals surface area contributed by atoms with Gasteiger partial charge in [0.2, 0.25) is 0 Å². The van der Waals surface area contributed by atoms with Crippen LogP contribution in [0.1, 0.15) is 5.56 Å². The van der Waals surface area contributed by atoms with Crippen LogP contribution in [0.4, 0.5) is 0 Å². The van der Waals surface area contributed by atoms with E-state index in [-0.39, 0.29) is 6.42 Å². The molecule has 1 N–H and O–H groups in total. The van der Waals surface area contributed by atoms with Gasteiger partial charge >= 0.3 is 5.97 Å². The van der Waals surface area contributed by atoms with Crippen molar-refractivity contribution in [3.05, 3.63) is 52.0 Å². The highest BCUT2D eigenvalue weighted by Crippen LogP contribution is 2.35. The molecule has 6 heteroatoms. The normalized spacial score (nSPS) is 11.0. The Kier molecular flexibility index (Phi) is 3.57. The SMILES string of the molecule is O=C(O)Cc1cccc2c(-c3ccc(Cl)cc3Cl)noc12. The van der Waals surface area contributed by atoms with Crippen molar-refractivity contribution in [2.45, 2.75) is 6.42 Å². The molecule has 4 nitrogen and oxygen atoms in total. The van der Waals surface area contributed by atoms with E-state index in [2.05, 4.69) is 5.16 Å². The Balaban J connectivity index is 2.19. The molecule has 0 saturated heterocycles. The largest absolute Gasteiger partial charge is 0.481 e. The molecule has 106 valence electrons. The Morgan fingerprint density at radius 2 is 2.05 bits per heavy atom. The van der Waals surface area contributed by atoms with Gasteiger partial charge in [-0.2, -0.15) is 0 Å². The Labute approximate surface area is 129 Å². The van der Waals surface area contributed by atoms with Crippen LogP contribution in [0.15, 0.2) is 40.9 Å². The molecular weight excluding hydrogens is 313 g/mol. The first kappa shape index (κ1) is 13.9. The predicted molar refractivity (Wildman–Crippen MR) is 80.8 cm³/mol. The number of carboxylic acids is 1. The zero-order chi connectivity index (χ0) is 15.0. The second-order valence-electron chi connectivity index (χ2n) is 4.52. The van der Waals surface area contributed by atoms with Crippen LogP contribution in [0.5, 0.6) is 0 Å². The summed E-state index contributed by atoms with van der Waals surface area (Å²) in [7, 11) is 0. The van der Waals surface area contributed by atoms with E-state index in [0.717, 1.165) is 5.39 Å². The summed E-state index contributed by atoms with van der Waals surface area (Å²) in [5, 5.41) is 14.7. The number of hydrogen-bond acceptors (Lipinski definition) is 3. The third-order valence-electron chi connectivity index (χ3n) is 3.11. The summed E-state index contributed by atoms with van der Waals surface area (Å²) in [6.45, 7) is 0. The molecule has 1 aromatic heterocycles. The molecular formula is C15H9Cl2NO3. The maximum Gasteiger partial charge on any atom is 0.307 e. The van der Waals surface area contributed by atoms with Crippen LogP contribution in [0, 0.1) is 0 Å².